The van der Waals surface area contributed by atoms with Crippen molar-refractivity contribution in [1.29, 1.82) is 0 Å². The van der Waals surface area contributed by atoms with E-state index in [1.165, 1.54) is 10.6 Å². The van der Waals surface area contributed by atoms with Crippen molar-refractivity contribution in [3.05, 3.63) is 60.2 Å². The molecule has 0 radical (unpaired) electrons. The van der Waals surface area contributed by atoms with Gasteiger partial charge in [-0.1, -0.05) is 12.6 Å². The van der Waals surface area contributed by atoms with Crippen LogP contribution in [-0.2, 0) is 16.6 Å². The van der Waals surface area contributed by atoms with Gasteiger partial charge in [-0.05, 0) is 30.7 Å². The maximum absolute atomic E-state index is 11.8. The minimum Gasteiger partial charge on any atom is -0.384 e. The average Bonchev–Trinajstić information content (AvgIpc) is 3.29. The van der Waals surface area contributed by atoms with Crippen LogP contribution < -0.4 is 16.8 Å². The lowest BCUT2D eigenvalue weighted by molar-refractivity contribution is 0.182. The predicted molar refractivity (Wildman–Crippen MR) is 142 cm³/mol. The van der Waals surface area contributed by atoms with Crippen LogP contribution in [0.2, 0.25) is 0 Å². The summed E-state index contributed by atoms with van der Waals surface area (Å²) >= 11 is 0. The van der Waals surface area contributed by atoms with E-state index in [9.17, 15) is 8.42 Å². The van der Waals surface area contributed by atoms with Crippen molar-refractivity contribution >= 4 is 44.1 Å². The number of nitrogens with zero attached hydrogens (tertiary/aromatic N) is 6. The fraction of sp³-hybridized carbons (Fsp3) is 0.304. The molecule has 12 nitrogen and oxygen atoms in total. The number of fused-ring (bicyclic) bond motifs is 1. The highest BCUT2D eigenvalue weighted by molar-refractivity contribution is 7.88. The summed E-state index contributed by atoms with van der Waals surface area (Å²) < 4.78 is 25.1. The largest absolute Gasteiger partial charge is 0.384 e. The van der Waals surface area contributed by atoms with Gasteiger partial charge >= 0.3 is 0 Å². The van der Waals surface area contributed by atoms with Crippen molar-refractivity contribution in [2.24, 2.45) is 21.5 Å². The van der Waals surface area contributed by atoms with Gasteiger partial charge in [0.1, 0.15) is 23.3 Å². The van der Waals surface area contributed by atoms with E-state index in [2.05, 4.69) is 42.0 Å². The average molecular weight is 511 g/mol. The van der Waals surface area contributed by atoms with Gasteiger partial charge in [0, 0.05) is 44.3 Å². The highest BCUT2D eigenvalue weighted by Gasteiger charge is 2.23. The summed E-state index contributed by atoms with van der Waals surface area (Å²) in [5.74, 6) is 1.24. The van der Waals surface area contributed by atoms with E-state index in [1.807, 2.05) is 24.3 Å². The molecule has 13 heteroatoms. The molecule has 1 fully saturated rings. The molecule has 1 aromatic carbocycles. The molecule has 0 spiro atoms. The van der Waals surface area contributed by atoms with Crippen molar-refractivity contribution in [2.45, 2.75) is 13.5 Å². The smallest absolute Gasteiger partial charge is 0.211 e. The Labute approximate surface area is 209 Å². The topological polar surface area (TPSA) is 171 Å². The number of nitrogens with two attached hydrogens (primary N) is 2. The molecule has 3 aromatic rings. The number of rotatable bonds is 7. The Kier molecular flexibility index (Phi) is 7.33. The second kappa shape index (κ2) is 10.4. The van der Waals surface area contributed by atoms with E-state index in [-0.39, 0.29) is 11.7 Å². The van der Waals surface area contributed by atoms with Crippen molar-refractivity contribution in [1.82, 2.24) is 24.4 Å². The first-order valence-electron chi connectivity index (χ1n) is 11.3. The van der Waals surface area contributed by atoms with Crippen LogP contribution in [0.4, 0.5) is 11.5 Å². The maximum Gasteiger partial charge on any atom is 0.211 e. The van der Waals surface area contributed by atoms with Gasteiger partial charge in [0.25, 0.3) is 0 Å². The van der Waals surface area contributed by atoms with E-state index in [4.69, 9.17) is 11.5 Å². The Bertz CT molecular complexity index is 1440. The van der Waals surface area contributed by atoms with Crippen LogP contribution in [0.25, 0.3) is 10.9 Å². The van der Waals surface area contributed by atoms with E-state index < -0.39 is 10.0 Å². The first-order chi connectivity index (χ1) is 17.1. The highest BCUT2D eigenvalue weighted by atomic mass is 32.2. The van der Waals surface area contributed by atoms with Crippen molar-refractivity contribution in [2.75, 3.05) is 37.8 Å². The third-order valence-electron chi connectivity index (χ3n) is 5.75. The van der Waals surface area contributed by atoms with Crippen LogP contribution in [0, 0.1) is 0 Å². The third kappa shape index (κ3) is 6.05. The lowest BCUT2D eigenvalue weighted by Gasteiger charge is -2.33. The number of aromatic nitrogens is 3. The molecule has 0 unspecified atom stereocenters. The number of anilines is 2. The zero-order valence-corrected chi connectivity index (χ0v) is 21.1. The first-order valence-corrected chi connectivity index (χ1v) is 13.1. The van der Waals surface area contributed by atoms with Crippen molar-refractivity contribution in [3.8, 4) is 0 Å². The molecule has 4 rings (SSSR count). The quantitative estimate of drug-likeness (QED) is 0.272. The molecule has 6 N–H and O–H groups in total. The lowest BCUT2D eigenvalue weighted by atomic mass is 10.1. The third-order valence-corrected chi connectivity index (χ3v) is 7.06. The van der Waals surface area contributed by atoms with Crippen LogP contribution in [0.1, 0.15) is 18.1 Å². The Morgan fingerprint density at radius 3 is 2.64 bits per heavy atom. The van der Waals surface area contributed by atoms with E-state index >= 15 is 0 Å². The summed E-state index contributed by atoms with van der Waals surface area (Å²) in [7, 11) is -3.19. The number of sulfonamides is 1. The number of pyridine rings is 1. The Hall–Kier alpha value is -3.81. The Morgan fingerprint density at radius 1 is 1.19 bits per heavy atom. The second-order valence-electron chi connectivity index (χ2n) is 8.59. The fourth-order valence-electron chi connectivity index (χ4n) is 4.04. The molecule has 0 atom stereocenters. The van der Waals surface area contributed by atoms with Crippen molar-refractivity contribution < 1.29 is 8.42 Å². The number of piperazine rings is 1. The molecule has 0 amide bonds. The van der Waals surface area contributed by atoms with Gasteiger partial charge in [0.15, 0.2) is 0 Å². The molecule has 2 aromatic heterocycles. The minimum atomic E-state index is -3.19. The molecule has 0 aliphatic carbocycles. The number of H-pyrrole nitrogens is 1. The molecular weight excluding hydrogens is 480 g/mol. The Morgan fingerprint density at radius 2 is 1.94 bits per heavy atom. The minimum absolute atomic E-state index is 0.133. The number of hydrogen-bond acceptors (Lipinski definition) is 8. The molecule has 190 valence electrons. The molecule has 1 aliphatic heterocycles. The summed E-state index contributed by atoms with van der Waals surface area (Å²) in [6.07, 6.45) is 4.76. The van der Waals surface area contributed by atoms with Gasteiger partial charge < -0.3 is 16.8 Å². The molecule has 36 heavy (non-hydrogen) atoms. The van der Waals surface area contributed by atoms with Crippen LogP contribution >= 0.6 is 0 Å². The lowest BCUT2D eigenvalue weighted by Crippen LogP contribution is -2.47. The zero-order valence-electron chi connectivity index (χ0n) is 20.3. The number of amidine groups is 2. The van der Waals surface area contributed by atoms with Gasteiger partial charge in [-0.25, -0.2) is 23.4 Å². The van der Waals surface area contributed by atoms with E-state index in [1.54, 1.807) is 19.3 Å². The summed E-state index contributed by atoms with van der Waals surface area (Å²) in [6.45, 7) is 8.00. The maximum atomic E-state index is 11.8. The molecule has 3 heterocycles. The molecular formula is C23H30N10O2S. The first kappa shape index (κ1) is 25.3. The molecule has 1 aliphatic rings. The van der Waals surface area contributed by atoms with Crippen LogP contribution in [0.3, 0.4) is 0 Å². The summed E-state index contributed by atoms with van der Waals surface area (Å²) in [4.78, 5) is 15.3. The number of nitrogens with one attached hydrogen (secondary N) is 2. The molecule has 0 saturated carbocycles. The number of aromatic amines is 1. The Balaban J connectivity index is 1.63. The number of aliphatic imine (C=N–C) groups is 2. The molecule has 1 saturated heterocycles. The summed E-state index contributed by atoms with van der Waals surface area (Å²) in [5, 5.41) is 11.3. The monoisotopic (exact) mass is 510 g/mol. The van der Waals surface area contributed by atoms with E-state index in [0.717, 1.165) is 22.2 Å². The van der Waals surface area contributed by atoms with Crippen LogP contribution in [0.15, 0.2) is 59.0 Å². The highest BCUT2D eigenvalue weighted by Crippen LogP contribution is 2.26. The number of benzene rings is 1. The van der Waals surface area contributed by atoms with Gasteiger partial charge in [0.2, 0.25) is 10.0 Å². The van der Waals surface area contributed by atoms with E-state index in [0.29, 0.717) is 49.9 Å². The molecule has 0 bridgehead atoms. The van der Waals surface area contributed by atoms with Crippen LogP contribution in [0.5, 0.6) is 0 Å². The standard InChI is InChI=1S/C23H30N10O2S/c1-15(24)28-16(2)29-22(25)18-11-17(14-32-7-9-33(10-8-32)36(3,34)35)12-26-23(18)30-20-5-4-6-21-19(20)13-27-31-21/h4-6,11-13H,1,7-10,14,24H2,2-3H3,(H,26,30)(H,27,31)(H2,25,28,29). The van der Waals surface area contributed by atoms with Gasteiger partial charge in [-0.15, -0.1) is 0 Å². The van der Waals surface area contributed by atoms with Crippen LogP contribution in [-0.4, -0.2) is 76.9 Å². The second-order valence-corrected chi connectivity index (χ2v) is 10.6. The van der Waals surface area contributed by atoms with Gasteiger partial charge in [-0.3, -0.25) is 10.00 Å². The predicted octanol–water partition coefficient (Wildman–Crippen LogP) is 1.33. The summed E-state index contributed by atoms with van der Waals surface area (Å²) in [5.41, 5.74) is 15.2. The van der Waals surface area contributed by atoms with Gasteiger partial charge in [-0.2, -0.15) is 9.40 Å². The summed E-state index contributed by atoms with van der Waals surface area (Å²) in [6, 6.07) is 7.70. The van der Waals surface area contributed by atoms with Crippen molar-refractivity contribution in [3.63, 3.8) is 0 Å². The SMILES string of the molecule is C=C(N)N=C(C)N=C(N)c1cc(CN2CCN(S(C)(=O)=O)CC2)cnc1Nc1cccc2[nH]ncc12. The fourth-order valence-corrected chi connectivity index (χ4v) is 4.87. The number of hydrogen-bond donors (Lipinski definition) is 4. The normalized spacial score (nSPS) is 16.4. The van der Waals surface area contributed by atoms with Gasteiger partial charge in [0.05, 0.1) is 29.2 Å². The zero-order chi connectivity index (χ0) is 25.9.